The molecule has 1 unspecified atom stereocenters. The Labute approximate surface area is 85.3 Å². The SMILES string of the molecule is CCC[n+]1ccccc1C(F)C(F)(F)F. The summed E-state index contributed by atoms with van der Waals surface area (Å²) < 4.78 is 50.9. The molecule has 0 saturated heterocycles. The molecule has 1 atom stereocenters. The van der Waals surface area contributed by atoms with Crippen molar-refractivity contribution in [1.82, 2.24) is 0 Å². The summed E-state index contributed by atoms with van der Waals surface area (Å²) in [6.45, 7) is 2.21. The van der Waals surface area contributed by atoms with E-state index >= 15 is 0 Å². The molecule has 15 heavy (non-hydrogen) atoms. The summed E-state index contributed by atoms with van der Waals surface area (Å²) >= 11 is 0. The van der Waals surface area contributed by atoms with Crippen LogP contribution >= 0.6 is 0 Å². The minimum Gasteiger partial charge on any atom is -0.225 e. The first-order valence-electron chi connectivity index (χ1n) is 4.66. The van der Waals surface area contributed by atoms with Gasteiger partial charge in [0.2, 0.25) is 5.69 Å². The molecule has 1 aromatic heterocycles. The minimum absolute atomic E-state index is 0.341. The normalized spacial score (nSPS) is 13.9. The van der Waals surface area contributed by atoms with Crippen LogP contribution in [0.4, 0.5) is 17.6 Å². The van der Waals surface area contributed by atoms with Gasteiger partial charge in [-0.05, 0) is 6.07 Å². The molecule has 0 aliphatic heterocycles. The zero-order chi connectivity index (χ0) is 11.5. The highest BCUT2D eigenvalue weighted by Crippen LogP contribution is 2.34. The maximum atomic E-state index is 13.1. The Balaban J connectivity index is 3.02. The van der Waals surface area contributed by atoms with Gasteiger partial charge in [0.15, 0.2) is 6.20 Å². The van der Waals surface area contributed by atoms with Crippen LogP contribution in [0.1, 0.15) is 25.2 Å². The van der Waals surface area contributed by atoms with Gasteiger partial charge < -0.3 is 0 Å². The number of hydrogen-bond donors (Lipinski definition) is 0. The Kier molecular flexibility index (Phi) is 3.66. The van der Waals surface area contributed by atoms with Crippen molar-refractivity contribution in [3.8, 4) is 0 Å². The van der Waals surface area contributed by atoms with Crippen molar-refractivity contribution in [1.29, 1.82) is 0 Å². The monoisotopic (exact) mass is 222 g/mol. The number of pyridine rings is 1. The van der Waals surface area contributed by atoms with Gasteiger partial charge in [-0.3, -0.25) is 0 Å². The van der Waals surface area contributed by atoms with Gasteiger partial charge in [0, 0.05) is 18.6 Å². The zero-order valence-electron chi connectivity index (χ0n) is 8.26. The number of alkyl halides is 4. The van der Waals surface area contributed by atoms with Gasteiger partial charge in [0.25, 0.3) is 6.17 Å². The van der Waals surface area contributed by atoms with E-state index in [2.05, 4.69) is 0 Å². The number of aromatic nitrogens is 1. The first kappa shape index (κ1) is 11.9. The fourth-order valence-corrected chi connectivity index (χ4v) is 1.33. The maximum Gasteiger partial charge on any atom is 0.429 e. The second kappa shape index (κ2) is 4.59. The Morgan fingerprint density at radius 1 is 1.33 bits per heavy atom. The molecule has 1 aromatic rings. The van der Waals surface area contributed by atoms with Crippen molar-refractivity contribution in [2.45, 2.75) is 32.2 Å². The standard InChI is InChI=1S/C10H12F4N/c1-2-6-15-7-4-3-5-8(15)9(11)10(12,13)14/h3-5,7,9H,2,6H2,1H3/q+1. The molecule has 0 bridgehead atoms. The molecule has 0 spiro atoms. The average molecular weight is 222 g/mol. The lowest BCUT2D eigenvalue weighted by molar-refractivity contribution is -0.708. The van der Waals surface area contributed by atoms with E-state index in [-0.39, 0.29) is 5.69 Å². The fraction of sp³-hybridized carbons (Fsp3) is 0.500. The lowest BCUT2D eigenvalue weighted by Gasteiger charge is -2.11. The van der Waals surface area contributed by atoms with Crippen LogP contribution in [0.15, 0.2) is 24.4 Å². The van der Waals surface area contributed by atoms with Crippen LogP contribution in [-0.4, -0.2) is 6.18 Å². The third-order valence-electron chi connectivity index (χ3n) is 1.99. The summed E-state index contributed by atoms with van der Waals surface area (Å²) in [6.07, 6.45) is -5.63. The fourth-order valence-electron chi connectivity index (χ4n) is 1.33. The number of rotatable bonds is 3. The summed E-state index contributed by atoms with van der Waals surface area (Å²) in [7, 11) is 0. The Bertz CT molecular complexity index is 321. The van der Waals surface area contributed by atoms with Crippen molar-refractivity contribution in [3.63, 3.8) is 0 Å². The number of nitrogens with zero attached hydrogens (tertiary/aromatic N) is 1. The lowest BCUT2D eigenvalue weighted by atomic mass is 10.2. The van der Waals surface area contributed by atoms with Crippen LogP contribution in [0.25, 0.3) is 0 Å². The number of hydrogen-bond acceptors (Lipinski definition) is 0. The first-order chi connectivity index (χ1) is 6.96. The molecule has 0 aromatic carbocycles. The summed E-state index contributed by atoms with van der Waals surface area (Å²) in [5.41, 5.74) is -0.341. The van der Waals surface area contributed by atoms with Crippen LogP contribution in [0.3, 0.4) is 0 Å². The van der Waals surface area contributed by atoms with E-state index in [1.165, 1.54) is 16.8 Å². The lowest BCUT2D eigenvalue weighted by Crippen LogP contribution is -2.41. The van der Waals surface area contributed by atoms with E-state index in [4.69, 9.17) is 0 Å². The summed E-state index contributed by atoms with van der Waals surface area (Å²) in [5.74, 6) is 0. The molecule has 0 aliphatic rings. The van der Waals surface area contributed by atoms with E-state index in [1.54, 1.807) is 6.07 Å². The quantitative estimate of drug-likeness (QED) is 0.547. The van der Waals surface area contributed by atoms with Gasteiger partial charge in [-0.1, -0.05) is 6.92 Å². The van der Waals surface area contributed by atoms with Crippen molar-refractivity contribution in [2.24, 2.45) is 0 Å². The van der Waals surface area contributed by atoms with Crippen LogP contribution < -0.4 is 4.57 Å². The van der Waals surface area contributed by atoms with Crippen molar-refractivity contribution in [2.75, 3.05) is 0 Å². The van der Waals surface area contributed by atoms with E-state index in [1.807, 2.05) is 6.92 Å². The van der Waals surface area contributed by atoms with Gasteiger partial charge in [-0.15, -0.1) is 0 Å². The van der Waals surface area contributed by atoms with Crippen molar-refractivity contribution in [3.05, 3.63) is 30.1 Å². The van der Waals surface area contributed by atoms with Gasteiger partial charge >= 0.3 is 6.18 Å². The van der Waals surface area contributed by atoms with E-state index in [0.29, 0.717) is 13.0 Å². The topological polar surface area (TPSA) is 3.88 Å². The van der Waals surface area contributed by atoms with Crippen LogP contribution in [0, 0.1) is 0 Å². The Hall–Kier alpha value is -1.13. The molecule has 0 aliphatic carbocycles. The van der Waals surface area contributed by atoms with Gasteiger partial charge in [0.1, 0.15) is 6.54 Å². The molecule has 0 saturated carbocycles. The zero-order valence-corrected chi connectivity index (χ0v) is 8.26. The molecular weight excluding hydrogens is 210 g/mol. The first-order valence-corrected chi connectivity index (χ1v) is 4.66. The predicted octanol–water partition coefficient (Wildman–Crippen LogP) is 2.96. The Morgan fingerprint density at radius 2 is 2.00 bits per heavy atom. The molecule has 1 rings (SSSR count). The predicted molar refractivity (Wildman–Crippen MR) is 46.8 cm³/mol. The second-order valence-corrected chi connectivity index (χ2v) is 3.22. The molecule has 0 radical (unpaired) electrons. The smallest absolute Gasteiger partial charge is 0.225 e. The average Bonchev–Trinajstić information content (AvgIpc) is 2.17. The van der Waals surface area contributed by atoms with Gasteiger partial charge in [0.05, 0.1) is 0 Å². The van der Waals surface area contributed by atoms with Crippen LogP contribution in [0.5, 0.6) is 0 Å². The van der Waals surface area contributed by atoms with E-state index in [0.717, 1.165) is 6.07 Å². The third-order valence-corrected chi connectivity index (χ3v) is 1.99. The molecule has 0 amide bonds. The molecule has 1 nitrogen and oxygen atoms in total. The van der Waals surface area contributed by atoms with Crippen LogP contribution in [0.2, 0.25) is 0 Å². The highest BCUT2D eigenvalue weighted by Gasteiger charge is 2.46. The van der Waals surface area contributed by atoms with Crippen molar-refractivity contribution >= 4 is 0 Å². The minimum atomic E-state index is -4.84. The Morgan fingerprint density at radius 3 is 2.53 bits per heavy atom. The van der Waals surface area contributed by atoms with Crippen molar-refractivity contribution < 1.29 is 22.1 Å². The molecule has 5 heteroatoms. The van der Waals surface area contributed by atoms with E-state index < -0.39 is 12.3 Å². The van der Waals surface area contributed by atoms with E-state index in [9.17, 15) is 17.6 Å². The molecule has 0 N–H and O–H groups in total. The molecule has 1 heterocycles. The third kappa shape index (κ3) is 2.91. The molecule has 84 valence electrons. The van der Waals surface area contributed by atoms with Gasteiger partial charge in [-0.2, -0.15) is 17.7 Å². The molecule has 0 fully saturated rings. The number of aryl methyl sites for hydroxylation is 1. The molecular formula is C10H12F4N+. The summed E-state index contributed by atoms with van der Waals surface area (Å²) in [5, 5.41) is 0. The summed E-state index contributed by atoms with van der Waals surface area (Å²) in [6, 6.07) is 4.15. The highest BCUT2D eigenvalue weighted by atomic mass is 19.4. The number of halogens is 4. The maximum absolute atomic E-state index is 13.1. The largest absolute Gasteiger partial charge is 0.429 e. The van der Waals surface area contributed by atoms with Crippen LogP contribution in [-0.2, 0) is 6.54 Å². The summed E-state index contributed by atoms with van der Waals surface area (Å²) in [4.78, 5) is 0. The highest BCUT2D eigenvalue weighted by molar-refractivity contribution is 5.02. The second-order valence-electron chi connectivity index (χ2n) is 3.22. The van der Waals surface area contributed by atoms with Gasteiger partial charge in [-0.25, -0.2) is 4.39 Å².